The maximum absolute atomic E-state index is 13.6. The minimum atomic E-state index is -3.88. The summed E-state index contributed by atoms with van der Waals surface area (Å²) in [6.45, 7) is 0.0244. The van der Waals surface area contributed by atoms with Gasteiger partial charge in [0.1, 0.15) is 37.9 Å². The molecule has 0 fully saturated rings. The average molecular weight is 959 g/mol. The predicted molar refractivity (Wildman–Crippen MR) is 275 cm³/mol. The van der Waals surface area contributed by atoms with E-state index in [0.29, 0.717) is 22.6 Å². The molecule has 10 rings (SSSR count). The minimum absolute atomic E-state index is 0.0346. The number of rotatable bonds is 16. The Morgan fingerprint density at radius 1 is 0.408 bits per heavy atom. The van der Waals surface area contributed by atoms with Crippen LogP contribution in [0, 0.1) is 0 Å². The smallest absolute Gasteiger partial charge is 0.338 e. The Morgan fingerprint density at radius 2 is 0.761 bits per heavy atom. The molecule has 0 aromatic heterocycles. The van der Waals surface area contributed by atoms with E-state index in [4.69, 9.17) is 29.2 Å². The van der Waals surface area contributed by atoms with Gasteiger partial charge in [-0.2, -0.15) is 10.2 Å². The second-order valence-corrected chi connectivity index (χ2v) is 18.5. The van der Waals surface area contributed by atoms with E-state index in [1.54, 1.807) is 36.4 Å². The first-order valence-corrected chi connectivity index (χ1v) is 24.4. The number of ether oxygens (including phenoxy) is 4. The molecule has 0 N–H and O–H groups in total. The van der Waals surface area contributed by atoms with Crippen LogP contribution in [0.25, 0.3) is 22.3 Å². The van der Waals surface area contributed by atoms with E-state index in [0.717, 1.165) is 67.3 Å². The van der Waals surface area contributed by atoms with Crippen LogP contribution < -0.4 is 19.5 Å². The molecule has 0 aliphatic heterocycles. The van der Waals surface area contributed by atoms with Gasteiger partial charge in [0.25, 0.3) is 0 Å². The summed E-state index contributed by atoms with van der Waals surface area (Å²) in [6, 6.07) is 58.5. The van der Waals surface area contributed by atoms with Gasteiger partial charge in [0.05, 0.1) is 43.7 Å². The first-order valence-electron chi connectivity index (χ1n) is 22.9. The van der Waals surface area contributed by atoms with E-state index in [-0.39, 0.29) is 36.2 Å². The largest absolute Gasteiger partial charge is 0.490 e. The van der Waals surface area contributed by atoms with Crippen LogP contribution in [0.15, 0.2) is 214 Å². The maximum Gasteiger partial charge on any atom is 0.338 e. The molecule has 13 heteroatoms. The predicted octanol–water partition coefficient (Wildman–Crippen LogP) is 10.7. The van der Waals surface area contributed by atoms with Gasteiger partial charge in [0.2, 0.25) is 9.84 Å². The number of hydrogen-bond acceptors (Lipinski definition) is 12. The lowest BCUT2D eigenvalue weighted by atomic mass is 9.99. The van der Waals surface area contributed by atoms with E-state index in [2.05, 4.69) is 0 Å². The normalized spacial score (nSPS) is 13.2. The molecule has 71 heavy (non-hydrogen) atoms. The molecule has 0 unspecified atom stereocenters. The second kappa shape index (κ2) is 20.0. The van der Waals surface area contributed by atoms with Crippen molar-refractivity contribution < 1.29 is 37.0 Å². The number of nitrogens with zero attached hydrogens (tertiary/aromatic N) is 4. The summed E-state index contributed by atoms with van der Waals surface area (Å²) in [5.74, 6) is -0.168. The number of para-hydroxylation sites is 2. The molecule has 0 bridgehead atoms. The van der Waals surface area contributed by atoms with Crippen LogP contribution in [-0.2, 0) is 19.3 Å². The highest BCUT2D eigenvalue weighted by Crippen LogP contribution is 2.41. The number of benzene rings is 8. The van der Waals surface area contributed by atoms with Crippen LogP contribution in [-0.4, -0.2) is 72.3 Å². The zero-order chi connectivity index (χ0) is 48.9. The highest BCUT2D eigenvalue weighted by Gasteiger charge is 2.32. The molecule has 0 heterocycles. The van der Waals surface area contributed by atoms with Crippen molar-refractivity contribution in [3.05, 3.63) is 228 Å². The fraction of sp³-hybridized carbons (Fsp3) is 0.103. The van der Waals surface area contributed by atoms with Crippen LogP contribution in [0.1, 0.15) is 43.0 Å². The number of anilines is 2. The molecule has 2 aliphatic carbocycles. The van der Waals surface area contributed by atoms with Gasteiger partial charge in [0.15, 0.2) is 0 Å². The van der Waals surface area contributed by atoms with E-state index >= 15 is 0 Å². The third-order valence-corrected chi connectivity index (χ3v) is 14.0. The van der Waals surface area contributed by atoms with Crippen LogP contribution >= 0.6 is 0 Å². The van der Waals surface area contributed by atoms with Crippen molar-refractivity contribution in [3.8, 4) is 33.8 Å². The summed E-state index contributed by atoms with van der Waals surface area (Å²) in [7, 11) is -0.0972. The molecule has 352 valence electrons. The molecule has 8 aromatic rings. The van der Waals surface area contributed by atoms with Crippen molar-refractivity contribution in [1.29, 1.82) is 0 Å². The maximum atomic E-state index is 13.6. The van der Waals surface area contributed by atoms with Crippen molar-refractivity contribution >= 4 is 44.6 Å². The molecule has 0 saturated carbocycles. The number of hydrazone groups is 2. The third-order valence-electron chi connectivity index (χ3n) is 12.2. The lowest BCUT2D eigenvalue weighted by molar-refractivity contribution is 0.0443. The fourth-order valence-electron chi connectivity index (χ4n) is 8.75. The number of carbonyl (C=O) groups excluding carboxylic acids is 2. The Labute approximate surface area is 411 Å². The first kappa shape index (κ1) is 45.9. The summed E-state index contributed by atoms with van der Waals surface area (Å²) in [6.07, 6.45) is 0. The van der Waals surface area contributed by atoms with Crippen molar-refractivity contribution in [3.63, 3.8) is 0 Å². The number of esters is 2. The average Bonchev–Trinajstić information content (AvgIpc) is 3.91. The van der Waals surface area contributed by atoms with E-state index in [1.165, 1.54) is 24.3 Å². The molecule has 0 saturated heterocycles. The quantitative estimate of drug-likeness (QED) is 0.0523. The number of fused-ring (bicyclic) bond motifs is 6. The summed E-state index contributed by atoms with van der Waals surface area (Å²) in [5.41, 5.74) is 11.1. The monoisotopic (exact) mass is 958 g/mol. The zero-order valence-corrected chi connectivity index (χ0v) is 39.6. The second-order valence-electron chi connectivity index (χ2n) is 16.6. The molecular formula is C58H46N4O8S. The zero-order valence-electron chi connectivity index (χ0n) is 38.8. The van der Waals surface area contributed by atoms with Crippen molar-refractivity contribution in [2.45, 2.75) is 9.79 Å². The first-order chi connectivity index (χ1) is 34.7. The summed E-state index contributed by atoms with van der Waals surface area (Å²) in [4.78, 5) is 27.2. The van der Waals surface area contributed by atoms with Gasteiger partial charge in [-0.3, -0.25) is 10.0 Å². The number of carbonyl (C=O) groups is 2. The Balaban J connectivity index is 0.715. The van der Waals surface area contributed by atoms with Crippen molar-refractivity contribution in [2.24, 2.45) is 10.2 Å². The van der Waals surface area contributed by atoms with Gasteiger partial charge >= 0.3 is 11.9 Å². The highest BCUT2D eigenvalue weighted by atomic mass is 32.2. The Morgan fingerprint density at radius 3 is 1.15 bits per heavy atom. The molecule has 2 aliphatic rings. The summed E-state index contributed by atoms with van der Waals surface area (Å²) in [5, 5.41) is 13.5. The Hall–Kier alpha value is -8.81. The lowest BCUT2D eigenvalue weighted by Crippen LogP contribution is -2.14. The summed E-state index contributed by atoms with van der Waals surface area (Å²) < 4.78 is 50.2. The van der Waals surface area contributed by atoms with Crippen LogP contribution in [0.4, 0.5) is 11.4 Å². The van der Waals surface area contributed by atoms with Crippen LogP contribution in [0.5, 0.6) is 11.5 Å². The number of sulfone groups is 1. The molecule has 0 radical (unpaired) electrons. The van der Waals surface area contributed by atoms with Gasteiger partial charge < -0.3 is 18.9 Å². The van der Waals surface area contributed by atoms with Gasteiger partial charge in [-0.15, -0.1) is 0 Å². The molecule has 12 nitrogen and oxygen atoms in total. The Bertz CT molecular complexity index is 3230. The molecular weight excluding hydrogens is 913 g/mol. The lowest BCUT2D eigenvalue weighted by Gasteiger charge is -2.15. The topological polar surface area (TPSA) is 136 Å². The van der Waals surface area contributed by atoms with Crippen LogP contribution in [0.2, 0.25) is 0 Å². The van der Waals surface area contributed by atoms with E-state index in [9.17, 15) is 18.0 Å². The Kier molecular flexibility index (Phi) is 13.0. The van der Waals surface area contributed by atoms with Crippen LogP contribution in [0.3, 0.4) is 0 Å². The van der Waals surface area contributed by atoms with Gasteiger partial charge in [-0.05, 0) is 96.1 Å². The van der Waals surface area contributed by atoms with E-state index < -0.39 is 21.8 Å². The standard InChI is InChI=1S/C58H46N4O8S/c1-61(39-15-5-3-6-16-39)59-55-47-21-11-9-19-45(47)53-49(55)23-13-25-51(53)57(63)69-37-35-67-41-27-31-43(32-28-41)71(65,66)44-33-29-42(30-34-44)68-36-38-70-58(64)52-26-14-24-50-54(52)46-20-10-12-22-48(46)56(50)60-62(2)40-17-7-4-8-18-40/h3-34H,35-38H2,1-2H3. The van der Waals surface area contributed by atoms with Crippen molar-refractivity contribution in [2.75, 3.05) is 50.5 Å². The molecule has 0 spiro atoms. The summed E-state index contributed by atoms with van der Waals surface area (Å²) >= 11 is 0. The molecule has 0 atom stereocenters. The van der Waals surface area contributed by atoms with Gasteiger partial charge in [0, 0.05) is 47.5 Å². The minimum Gasteiger partial charge on any atom is -0.490 e. The molecule has 8 aromatic carbocycles. The van der Waals surface area contributed by atoms with Crippen molar-refractivity contribution in [1.82, 2.24) is 0 Å². The SMILES string of the molecule is CN(N=C1c2ccccc2-c2c(C(=O)OCCOc3ccc(S(=O)(=O)c4ccc(OCCOC(=O)c5cccc6c5-c5ccccc5C6=NN(C)c5ccccc5)cc4)cc3)cccc21)c1ccccc1. The van der Waals surface area contributed by atoms with Gasteiger partial charge in [-0.1, -0.05) is 109 Å². The third kappa shape index (κ3) is 9.38. The highest BCUT2D eigenvalue weighted by molar-refractivity contribution is 7.91. The molecule has 0 amide bonds. The fourth-order valence-corrected chi connectivity index (χ4v) is 10.0. The van der Waals surface area contributed by atoms with Gasteiger partial charge in [-0.25, -0.2) is 18.0 Å². The number of hydrogen-bond donors (Lipinski definition) is 0. The van der Waals surface area contributed by atoms with E-state index in [1.807, 2.05) is 158 Å².